The molecule has 0 radical (unpaired) electrons. The van der Waals surface area contributed by atoms with Gasteiger partial charge in [0, 0.05) is 10.7 Å². The summed E-state index contributed by atoms with van der Waals surface area (Å²) >= 11 is 11.5. The van der Waals surface area contributed by atoms with Crippen LogP contribution in [0.15, 0.2) is 42.5 Å². The highest BCUT2D eigenvalue weighted by atomic mass is 35.5. The summed E-state index contributed by atoms with van der Waals surface area (Å²) in [6, 6.07) is 10.9. The van der Waals surface area contributed by atoms with Crippen molar-refractivity contribution in [3.8, 4) is 0 Å². The lowest BCUT2D eigenvalue weighted by Gasteiger charge is -2.07. The lowest BCUT2D eigenvalue weighted by Crippen LogP contribution is -2.20. The van der Waals surface area contributed by atoms with Crippen molar-refractivity contribution in [2.75, 3.05) is 17.7 Å². The number of rotatable bonds is 4. The van der Waals surface area contributed by atoms with Gasteiger partial charge in [0.1, 0.15) is 0 Å². The van der Waals surface area contributed by atoms with Gasteiger partial charge in [-0.3, -0.25) is 4.79 Å². The number of nitrogens with two attached hydrogens (primary N) is 1. The number of hydrogen-bond donors (Lipinski definition) is 2. The maximum Gasteiger partial charge on any atom is 0.338 e. The summed E-state index contributed by atoms with van der Waals surface area (Å²) < 4.78 is 4.90. The molecule has 0 unspecified atom stereocenters. The standard InChI is InChI=1S/C15H12Cl2N2O3/c16-10-2-4-11(5-3-10)19-14(20)8-22-15(21)9-1-6-12(17)13(18)7-9/h1-7H,8,18H2,(H,19,20). The Hall–Kier alpha value is -2.24. The minimum Gasteiger partial charge on any atom is -0.452 e. The van der Waals surface area contributed by atoms with E-state index >= 15 is 0 Å². The highest BCUT2D eigenvalue weighted by Gasteiger charge is 2.11. The lowest BCUT2D eigenvalue weighted by molar-refractivity contribution is -0.119. The molecule has 5 nitrogen and oxygen atoms in total. The summed E-state index contributed by atoms with van der Waals surface area (Å²) in [6.07, 6.45) is 0. The topological polar surface area (TPSA) is 81.4 Å². The van der Waals surface area contributed by atoms with Crippen LogP contribution in [-0.2, 0) is 9.53 Å². The number of nitrogen functional groups attached to an aromatic ring is 1. The Balaban J connectivity index is 1.88. The van der Waals surface area contributed by atoms with Crippen LogP contribution in [0.1, 0.15) is 10.4 Å². The maximum absolute atomic E-state index is 11.8. The molecule has 2 rings (SSSR count). The van der Waals surface area contributed by atoms with Gasteiger partial charge >= 0.3 is 5.97 Å². The second kappa shape index (κ2) is 7.15. The minimum atomic E-state index is -0.658. The lowest BCUT2D eigenvalue weighted by atomic mass is 10.2. The van der Waals surface area contributed by atoms with Gasteiger partial charge in [0.25, 0.3) is 5.91 Å². The Labute approximate surface area is 137 Å². The van der Waals surface area contributed by atoms with E-state index in [4.69, 9.17) is 33.7 Å². The molecule has 22 heavy (non-hydrogen) atoms. The van der Waals surface area contributed by atoms with Gasteiger partial charge in [-0.05, 0) is 42.5 Å². The van der Waals surface area contributed by atoms with E-state index in [1.807, 2.05) is 0 Å². The second-order valence-electron chi connectivity index (χ2n) is 4.37. The van der Waals surface area contributed by atoms with Crippen molar-refractivity contribution >= 4 is 46.5 Å². The smallest absolute Gasteiger partial charge is 0.338 e. The highest BCUT2D eigenvalue weighted by Crippen LogP contribution is 2.20. The van der Waals surface area contributed by atoms with Gasteiger partial charge in [-0.1, -0.05) is 23.2 Å². The van der Waals surface area contributed by atoms with Crippen LogP contribution < -0.4 is 11.1 Å². The van der Waals surface area contributed by atoms with Crippen LogP contribution in [0.3, 0.4) is 0 Å². The fraction of sp³-hybridized carbons (Fsp3) is 0.0667. The van der Waals surface area contributed by atoms with Gasteiger partial charge in [-0.15, -0.1) is 0 Å². The average Bonchev–Trinajstić information content (AvgIpc) is 2.50. The molecule has 1 amide bonds. The first kappa shape index (κ1) is 16.1. The summed E-state index contributed by atoms with van der Waals surface area (Å²) in [6.45, 7) is -0.413. The van der Waals surface area contributed by atoms with Crippen molar-refractivity contribution in [3.05, 3.63) is 58.1 Å². The van der Waals surface area contributed by atoms with E-state index in [2.05, 4.69) is 5.32 Å². The predicted octanol–water partition coefficient (Wildman–Crippen LogP) is 3.37. The molecule has 0 saturated heterocycles. The van der Waals surface area contributed by atoms with Crippen molar-refractivity contribution in [2.24, 2.45) is 0 Å². The normalized spacial score (nSPS) is 10.1. The van der Waals surface area contributed by atoms with Crippen molar-refractivity contribution < 1.29 is 14.3 Å². The number of benzene rings is 2. The third-order valence-corrected chi connectivity index (χ3v) is 3.29. The van der Waals surface area contributed by atoms with Gasteiger partial charge in [0.15, 0.2) is 6.61 Å². The summed E-state index contributed by atoms with van der Waals surface area (Å²) in [4.78, 5) is 23.5. The fourth-order valence-electron chi connectivity index (χ4n) is 1.62. The first-order valence-corrected chi connectivity index (χ1v) is 6.99. The molecule has 0 aliphatic rings. The summed E-state index contributed by atoms with van der Waals surface area (Å²) in [5.74, 6) is -1.12. The van der Waals surface area contributed by atoms with Crippen LogP contribution in [0.25, 0.3) is 0 Å². The van der Waals surface area contributed by atoms with Crippen LogP contribution in [-0.4, -0.2) is 18.5 Å². The fourth-order valence-corrected chi connectivity index (χ4v) is 1.86. The first-order chi connectivity index (χ1) is 10.5. The molecule has 2 aromatic rings. The van der Waals surface area contributed by atoms with E-state index in [-0.39, 0.29) is 11.3 Å². The van der Waals surface area contributed by atoms with Crippen LogP contribution in [0.4, 0.5) is 11.4 Å². The summed E-state index contributed by atoms with van der Waals surface area (Å²) in [5.41, 5.74) is 6.64. The number of carbonyl (C=O) groups is 2. The zero-order valence-electron chi connectivity index (χ0n) is 11.3. The van der Waals surface area contributed by atoms with Crippen LogP contribution in [0, 0.1) is 0 Å². The number of halogens is 2. The molecule has 114 valence electrons. The largest absolute Gasteiger partial charge is 0.452 e. The molecular formula is C15H12Cl2N2O3. The molecular weight excluding hydrogens is 327 g/mol. The summed E-state index contributed by atoms with van der Waals surface area (Å²) in [7, 11) is 0. The molecule has 3 N–H and O–H groups in total. The molecule has 0 spiro atoms. The van der Waals surface area contributed by atoms with Crippen molar-refractivity contribution in [3.63, 3.8) is 0 Å². The Kier molecular flexibility index (Phi) is 5.25. The molecule has 0 aromatic heterocycles. The first-order valence-electron chi connectivity index (χ1n) is 6.23. The van der Waals surface area contributed by atoms with E-state index in [9.17, 15) is 9.59 Å². The van der Waals surface area contributed by atoms with Crippen LogP contribution in [0.2, 0.25) is 10.0 Å². The molecule has 0 heterocycles. The van der Waals surface area contributed by atoms with E-state index in [0.717, 1.165) is 0 Å². The van der Waals surface area contributed by atoms with Crippen LogP contribution in [0.5, 0.6) is 0 Å². The van der Waals surface area contributed by atoms with E-state index < -0.39 is 18.5 Å². The zero-order valence-corrected chi connectivity index (χ0v) is 12.8. The SMILES string of the molecule is Nc1cc(C(=O)OCC(=O)Nc2ccc(Cl)cc2)ccc1Cl. The van der Waals surface area contributed by atoms with Crippen LogP contribution >= 0.6 is 23.2 Å². The number of hydrogen-bond acceptors (Lipinski definition) is 4. The quantitative estimate of drug-likeness (QED) is 0.661. The molecule has 0 aliphatic heterocycles. The summed E-state index contributed by atoms with van der Waals surface area (Å²) in [5, 5.41) is 3.48. The minimum absolute atomic E-state index is 0.223. The molecule has 0 bridgehead atoms. The maximum atomic E-state index is 11.8. The molecule has 7 heteroatoms. The Morgan fingerprint density at radius 3 is 2.41 bits per heavy atom. The van der Waals surface area contributed by atoms with Gasteiger partial charge in [0.05, 0.1) is 16.3 Å². The number of amides is 1. The molecule has 0 saturated carbocycles. The van der Waals surface area contributed by atoms with E-state index in [1.54, 1.807) is 24.3 Å². The average molecular weight is 339 g/mol. The third-order valence-electron chi connectivity index (χ3n) is 2.69. The van der Waals surface area contributed by atoms with Crippen molar-refractivity contribution in [1.82, 2.24) is 0 Å². The number of esters is 1. The number of ether oxygens (including phenoxy) is 1. The van der Waals surface area contributed by atoms with Gasteiger partial charge in [-0.25, -0.2) is 4.79 Å². The molecule has 0 fully saturated rings. The highest BCUT2D eigenvalue weighted by molar-refractivity contribution is 6.33. The molecule has 0 atom stereocenters. The van der Waals surface area contributed by atoms with Gasteiger partial charge in [-0.2, -0.15) is 0 Å². The van der Waals surface area contributed by atoms with E-state index in [0.29, 0.717) is 15.7 Å². The van der Waals surface area contributed by atoms with Gasteiger partial charge < -0.3 is 15.8 Å². The van der Waals surface area contributed by atoms with E-state index in [1.165, 1.54) is 18.2 Å². The molecule has 0 aliphatic carbocycles. The zero-order chi connectivity index (χ0) is 16.1. The number of anilines is 2. The predicted molar refractivity (Wildman–Crippen MR) is 86.2 cm³/mol. The monoisotopic (exact) mass is 338 g/mol. The Bertz CT molecular complexity index is 702. The van der Waals surface area contributed by atoms with Crippen molar-refractivity contribution in [1.29, 1.82) is 0 Å². The third kappa shape index (κ3) is 4.38. The van der Waals surface area contributed by atoms with Gasteiger partial charge in [0.2, 0.25) is 0 Å². The van der Waals surface area contributed by atoms with Crippen molar-refractivity contribution in [2.45, 2.75) is 0 Å². The number of carbonyl (C=O) groups excluding carboxylic acids is 2. The Morgan fingerprint density at radius 2 is 1.77 bits per heavy atom. The Morgan fingerprint density at radius 1 is 1.09 bits per heavy atom. The number of nitrogens with one attached hydrogen (secondary N) is 1. The second-order valence-corrected chi connectivity index (χ2v) is 5.21. The molecule has 2 aromatic carbocycles.